The quantitative estimate of drug-likeness (QED) is 0.904. The first kappa shape index (κ1) is 13.9. The molecule has 5 heteroatoms. The lowest BCUT2D eigenvalue weighted by molar-refractivity contribution is 0.0778. The zero-order valence-electron chi connectivity index (χ0n) is 10.9. The number of phenols is 2. The Balaban J connectivity index is 2.21. The van der Waals surface area contributed by atoms with Gasteiger partial charge < -0.3 is 15.1 Å². The molecule has 0 radical (unpaired) electrons. The van der Waals surface area contributed by atoms with Gasteiger partial charge in [-0.15, -0.1) is 0 Å². The fourth-order valence-corrected chi connectivity index (χ4v) is 1.92. The minimum Gasteiger partial charge on any atom is -0.507 e. The number of benzene rings is 2. The molecule has 0 fully saturated rings. The minimum atomic E-state index is -0.537. The van der Waals surface area contributed by atoms with Crippen molar-refractivity contribution in [2.24, 2.45) is 0 Å². The van der Waals surface area contributed by atoms with Crippen LogP contribution in [-0.2, 0) is 6.54 Å². The second-order valence-electron chi connectivity index (χ2n) is 4.46. The SMILES string of the molecule is CN(Cc1cccc(F)c1)C(=O)c1c(O)cccc1O. The van der Waals surface area contributed by atoms with E-state index in [9.17, 15) is 19.4 Å². The van der Waals surface area contributed by atoms with Crippen molar-refractivity contribution in [2.75, 3.05) is 7.05 Å². The van der Waals surface area contributed by atoms with Crippen molar-refractivity contribution in [3.05, 3.63) is 59.4 Å². The van der Waals surface area contributed by atoms with Crippen LogP contribution < -0.4 is 0 Å². The van der Waals surface area contributed by atoms with Crippen LogP contribution in [0.2, 0.25) is 0 Å². The van der Waals surface area contributed by atoms with Crippen LogP contribution in [0.15, 0.2) is 42.5 Å². The Morgan fingerprint density at radius 2 is 1.75 bits per heavy atom. The largest absolute Gasteiger partial charge is 0.507 e. The fourth-order valence-electron chi connectivity index (χ4n) is 1.92. The molecule has 20 heavy (non-hydrogen) atoms. The van der Waals surface area contributed by atoms with Gasteiger partial charge in [0.2, 0.25) is 0 Å². The van der Waals surface area contributed by atoms with Crippen LogP contribution in [0.3, 0.4) is 0 Å². The van der Waals surface area contributed by atoms with Gasteiger partial charge in [0, 0.05) is 13.6 Å². The van der Waals surface area contributed by atoms with Gasteiger partial charge in [-0.3, -0.25) is 4.79 Å². The molecule has 104 valence electrons. The van der Waals surface area contributed by atoms with Crippen molar-refractivity contribution in [1.82, 2.24) is 4.90 Å². The highest BCUT2D eigenvalue weighted by atomic mass is 19.1. The third kappa shape index (κ3) is 2.88. The monoisotopic (exact) mass is 275 g/mol. The van der Waals surface area contributed by atoms with Crippen LogP contribution in [0.25, 0.3) is 0 Å². The van der Waals surface area contributed by atoms with Crippen molar-refractivity contribution in [3.63, 3.8) is 0 Å². The molecule has 0 saturated heterocycles. The van der Waals surface area contributed by atoms with Crippen molar-refractivity contribution in [3.8, 4) is 11.5 Å². The van der Waals surface area contributed by atoms with E-state index in [-0.39, 0.29) is 29.4 Å². The zero-order chi connectivity index (χ0) is 14.7. The van der Waals surface area contributed by atoms with Gasteiger partial charge in [-0.05, 0) is 29.8 Å². The van der Waals surface area contributed by atoms with Gasteiger partial charge in [-0.2, -0.15) is 0 Å². The molecule has 2 aromatic rings. The van der Waals surface area contributed by atoms with Crippen LogP contribution in [0.4, 0.5) is 4.39 Å². The first-order valence-electron chi connectivity index (χ1n) is 6.00. The van der Waals surface area contributed by atoms with Crippen molar-refractivity contribution in [2.45, 2.75) is 6.54 Å². The molecule has 0 saturated carbocycles. The summed E-state index contributed by atoms with van der Waals surface area (Å²) in [6, 6.07) is 9.98. The molecule has 0 heterocycles. The second kappa shape index (κ2) is 5.61. The number of rotatable bonds is 3. The summed E-state index contributed by atoms with van der Waals surface area (Å²) in [5.74, 6) is -1.50. The van der Waals surface area contributed by atoms with Crippen LogP contribution >= 0.6 is 0 Å². The predicted molar refractivity (Wildman–Crippen MR) is 72.0 cm³/mol. The Morgan fingerprint density at radius 3 is 2.35 bits per heavy atom. The van der Waals surface area contributed by atoms with E-state index >= 15 is 0 Å². The molecule has 0 atom stereocenters. The summed E-state index contributed by atoms with van der Waals surface area (Å²) in [6.07, 6.45) is 0. The number of hydrogen-bond acceptors (Lipinski definition) is 3. The van der Waals surface area contributed by atoms with Crippen LogP contribution in [-0.4, -0.2) is 28.1 Å². The molecule has 0 aliphatic heterocycles. The lowest BCUT2D eigenvalue weighted by Crippen LogP contribution is -2.26. The summed E-state index contributed by atoms with van der Waals surface area (Å²) in [5, 5.41) is 19.3. The standard InChI is InChI=1S/C15H14FNO3/c1-17(9-10-4-2-5-11(16)8-10)15(20)14-12(18)6-3-7-13(14)19/h2-8,18-19H,9H2,1H3. The van der Waals surface area contributed by atoms with E-state index in [0.29, 0.717) is 5.56 Å². The molecule has 2 rings (SSSR count). The average molecular weight is 275 g/mol. The molecule has 0 aromatic heterocycles. The van der Waals surface area contributed by atoms with Gasteiger partial charge in [0.1, 0.15) is 22.9 Å². The summed E-state index contributed by atoms with van der Waals surface area (Å²) < 4.78 is 13.1. The average Bonchev–Trinajstić information content (AvgIpc) is 2.38. The maximum Gasteiger partial charge on any atom is 0.261 e. The van der Waals surface area contributed by atoms with Crippen molar-refractivity contribution in [1.29, 1.82) is 0 Å². The highest BCUT2D eigenvalue weighted by Crippen LogP contribution is 2.27. The highest BCUT2D eigenvalue weighted by molar-refractivity contribution is 5.99. The summed E-state index contributed by atoms with van der Waals surface area (Å²) in [6.45, 7) is 0.171. The lowest BCUT2D eigenvalue weighted by atomic mass is 10.1. The summed E-state index contributed by atoms with van der Waals surface area (Å²) in [4.78, 5) is 13.5. The van der Waals surface area contributed by atoms with E-state index in [1.165, 1.54) is 42.3 Å². The van der Waals surface area contributed by atoms with Crippen LogP contribution in [0.5, 0.6) is 11.5 Å². The molecule has 2 aromatic carbocycles. The van der Waals surface area contributed by atoms with Gasteiger partial charge >= 0.3 is 0 Å². The third-order valence-electron chi connectivity index (χ3n) is 2.89. The predicted octanol–water partition coefficient (Wildman–Crippen LogP) is 2.51. The van der Waals surface area contributed by atoms with Gasteiger partial charge in [-0.25, -0.2) is 4.39 Å². The van der Waals surface area contributed by atoms with Gasteiger partial charge in [0.15, 0.2) is 0 Å². The number of amides is 1. The van der Waals surface area contributed by atoms with E-state index in [2.05, 4.69) is 0 Å². The summed E-state index contributed by atoms with van der Waals surface area (Å²) in [5.41, 5.74) is 0.460. The van der Waals surface area contributed by atoms with E-state index in [4.69, 9.17) is 0 Å². The van der Waals surface area contributed by atoms with E-state index < -0.39 is 5.91 Å². The highest BCUT2D eigenvalue weighted by Gasteiger charge is 2.19. The number of hydrogen-bond donors (Lipinski definition) is 2. The normalized spacial score (nSPS) is 10.3. The Morgan fingerprint density at radius 1 is 1.15 bits per heavy atom. The maximum atomic E-state index is 13.1. The summed E-state index contributed by atoms with van der Waals surface area (Å²) >= 11 is 0. The Labute approximate surface area is 115 Å². The van der Waals surface area contributed by atoms with Gasteiger partial charge in [0.05, 0.1) is 0 Å². The first-order chi connectivity index (χ1) is 9.49. The fraction of sp³-hybridized carbons (Fsp3) is 0.133. The Kier molecular flexibility index (Phi) is 3.89. The topological polar surface area (TPSA) is 60.8 Å². The molecule has 0 bridgehead atoms. The molecule has 0 aliphatic carbocycles. The number of halogens is 1. The molecule has 0 unspecified atom stereocenters. The number of aromatic hydroxyl groups is 2. The van der Waals surface area contributed by atoms with E-state index in [1.807, 2.05) is 0 Å². The molecule has 1 amide bonds. The Hall–Kier alpha value is -2.56. The number of carbonyl (C=O) groups excluding carboxylic acids is 1. The number of phenolic OH excluding ortho intramolecular Hbond substituents is 2. The third-order valence-corrected chi connectivity index (χ3v) is 2.89. The molecular weight excluding hydrogens is 261 g/mol. The number of nitrogens with zero attached hydrogens (tertiary/aromatic N) is 1. The molecule has 0 spiro atoms. The Bertz CT molecular complexity index is 623. The maximum absolute atomic E-state index is 13.1. The van der Waals surface area contributed by atoms with Gasteiger partial charge in [-0.1, -0.05) is 18.2 Å². The van der Waals surface area contributed by atoms with Crippen LogP contribution in [0, 0.1) is 5.82 Å². The van der Waals surface area contributed by atoms with Crippen molar-refractivity contribution >= 4 is 5.91 Å². The first-order valence-corrected chi connectivity index (χ1v) is 6.00. The van der Waals surface area contributed by atoms with E-state index in [1.54, 1.807) is 12.1 Å². The molecule has 0 aliphatic rings. The zero-order valence-corrected chi connectivity index (χ0v) is 10.9. The van der Waals surface area contributed by atoms with Crippen molar-refractivity contribution < 1.29 is 19.4 Å². The lowest BCUT2D eigenvalue weighted by Gasteiger charge is -2.18. The summed E-state index contributed by atoms with van der Waals surface area (Å²) in [7, 11) is 1.51. The van der Waals surface area contributed by atoms with Gasteiger partial charge in [0.25, 0.3) is 5.91 Å². The van der Waals surface area contributed by atoms with E-state index in [0.717, 1.165) is 0 Å². The minimum absolute atomic E-state index is 0.161. The molecule has 4 nitrogen and oxygen atoms in total. The number of carbonyl (C=O) groups is 1. The molecule has 2 N–H and O–H groups in total. The van der Waals surface area contributed by atoms with Crippen LogP contribution in [0.1, 0.15) is 15.9 Å². The molecular formula is C15H14FNO3. The second-order valence-corrected chi connectivity index (χ2v) is 4.46. The smallest absolute Gasteiger partial charge is 0.261 e.